The van der Waals surface area contributed by atoms with E-state index in [0.29, 0.717) is 17.1 Å². The van der Waals surface area contributed by atoms with E-state index >= 15 is 0 Å². The number of nitrogen functional groups attached to an aromatic ring is 1. The summed E-state index contributed by atoms with van der Waals surface area (Å²) in [6.07, 6.45) is 0. The standard InChI is InChI=1S/C14H13BrN4O2/c1-3-21-14(20)12-13(17)19(8(2)18-12)11-6-10(15)5-4-9(11)7-16/h4-6H,3,17H2,1-2H3. The van der Waals surface area contributed by atoms with E-state index in [9.17, 15) is 10.1 Å². The van der Waals surface area contributed by atoms with E-state index in [2.05, 4.69) is 27.0 Å². The Bertz CT molecular complexity index is 746. The molecule has 21 heavy (non-hydrogen) atoms. The zero-order valence-electron chi connectivity index (χ0n) is 11.6. The predicted octanol–water partition coefficient (Wildman–Crippen LogP) is 2.57. The molecule has 1 aromatic carbocycles. The highest BCUT2D eigenvalue weighted by Crippen LogP contribution is 2.26. The molecular weight excluding hydrogens is 336 g/mol. The van der Waals surface area contributed by atoms with Crippen LogP contribution in [0.5, 0.6) is 0 Å². The fourth-order valence-electron chi connectivity index (χ4n) is 1.99. The molecular formula is C14H13BrN4O2. The van der Waals surface area contributed by atoms with Crippen LogP contribution in [0.2, 0.25) is 0 Å². The van der Waals surface area contributed by atoms with Crippen LogP contribution in [0.4, 0.5) is 5.82 Å². The summed E-state index contributed by atoms with van der Waals surface area (Å²) in [7, 11) is 0. The molecule has 2 N–H and O–H groups in total. The van der Waals surface area contributed by atoms with Gasteiger partial charge in [0, 0.05) is 4.47 Å². The Kier molecular flexibility index (Phi) is 4.29. The van der Waals surface area contributed by atoms with Gasteiger partial charge in [0.1, 0.15) is 17.7 Å². The SMILES string of the molecule is CCOC(=O)c1nc(C)n(-c2cc(Br)ccc2C#N)c1N. The van der Waals surface area contributed by atoms with Crippen LogP contribution in [0.3, 0.4) is 0 Å². The average Bonchev–Trinajstić information content (AvgIpc) is 2.74. The number of carbonyl (C=O) groups is 1. The van der Waals surface area contributed by atoms with Gasteiger partial charge in [0.2, 0.25) is 0 Å². The number of halogens is 1. The fourth-order valence-corrected chi connectivity index (χ4v) is 2.34. The van der Waals surface area contributed by atoms with Gasteiger partial charge in [0.25, 0.3) is 0 Å². The van der Waals surface area contributed by atoms with Crippen molar-refractivity contribution in [3.8, 4) is 11.8 Å². The van der Waals surface area contributed by atoms with E-state index in [4.69, 9.17) is 10.5 Å². The largest absolute Gasteiger partial charge is 0.461 e. The molecule has 0 radical (unpaired) electrons. The van der Waals surface area contributed by atoms with Crippen molar-refractivity contribution in [1.82, 2.24) is 9.55 Å². The zero-order chi connectivity index (χ0) is 15.6. The lowest BCUT2D eigenvalue weighted by molar-refractivity contribution is 0.0521. The molecule has 0 saturated carbocycles. The van der Waals surface area contributed by atoms with Crippen LogP contribution in [-0.2, 0) is 4.74 Å². The van der Waals surface area contributed by atoms with Gasteiger partial charge in [-0.15, -0.1) is 0 Å². The average molecular weight is 349 g/mol. The number of aromatic nitrogens is 2. The number of anilines is 1. The topological polar surface area (TPSA) is 93.9 Å². The van der Waals surface area contributed by atoms with E-state index < -0.39 is 5.97 Å². The van der Waals surface area contributed by atoms with Crippen molar-refractivity contribution in [2.45, 2.75) is 13.8 Å². The lowest BCUT2D eigenvalue weighted by Crippen LogP contribution is -2.10. The summed E-state index contributed by atoms with van der Waals surface area (Å²) in [4.78, 5) is 16.0. The van der Waals surface area contributed by atoms with E-state index in [-0.39, 0.29) is 18.1 Å². The molecule has 0 spiro atoms. The number of benzene rings is 1. The monoisotopic (exact) mass is 348 g/mol. The molecule has 0 aliphatic heterocycles. The van der Waals surface area contributed by atoms with Crippen molar-refractivity contribution in [3.05, 3.63) is 39.8 Å². The van der Waals surface area contributed by atoms with Gasteiger partial charge in [-0.3, -0.25) is 4.57 Å². The van der Waals surface area contributed by atoms with Gasteiger partial charge in [-0.1, -0.05) is 15.9 Å². The molecule has 7 heteroatoms. The van der Waals surface area contributed by atoms with Crippen molar-refractivity contribution < 1.29 is 9.53 Å². The summed E-state index contributed by atoms with van der Waals surface area (Å²) in [5.41, 5.74) is 7.06. The Hall–Kier alpha value is -2.33. The minimum absolute atomic E-state index is 0.0539. The molecule has 6 nitrogen and oxygen atoms in total. The Morgan fingerprint density at radius 3 is 2.90 bits per heavy atom. The molecule has 108 valence electrons. The lowest BCUT2D eigenvalue weighted by Gasteiger charge is -2.10. The predicted molar refractivity (Wildman–Crippen MR) is 81.1 cm³/mol. The van der Waals surface area contributed by atoms with Crippen molar-refractivity contribution >= 4 is 27.7 Å². The van der Waals surface area contributed by atoms with Crippen LogP contribution in [0.25, 0.3) is 5.69 Å². The van der Waals surface area contributed by atoms with Crippen molar-refractivity contribution in [1.29, 1.82) is 5.26 Å². The van der Waals surface area contributed by atoms with Crippen LogP contribution in [0.1, 0.15) is 28.8 Å². The second kappa shape index (κ2) is 5.97. The Balaban J connectivity index is 2.64. The number of aryl methyl sites for hydroxylation is 1. The van der Waals surface area contributed by atoms with Crippen LogP contribution in [-0.4, -0.2) is 22.1 Å². The summed E-state index contributed by atoms with van der Waals surface area (Å²) in [6, 6.07) is 7.28. The normalized spacial score (nSPS) is 10.2. The Morgan fingerprint density at radius 1 is 1.57 bits per heavy atom. The second-order valence-electron chi connectivity index (χ2n) is 4.22. The lowest BCUT2D eigenvalue weighted by atomic mass is 10.2. The van der Waals surface area contributed by atoms with Gasteiger partial charge in [-0.2, -0.15) is 5.26 Å². The van der Waals surface area contributed by atoms with Gasteiger partial charge in [-0.25, -0.2) is 9.78 Å². The van der Waals surface area contributed by atoms with Crippen molar-refractivity contribution in [3.63, 3.8) is 0 Å². The third-order valence-corrected chi connectivity index (χ3v) is 3.36. The maximum Gasteiger partial charge on any atom is 0.360 e. The van der Waals surface area contributed by atoms with E-state index in [1.807, 2.05) is 0 Å². The first kappa shape index (κ1) is 15.1. The van der Waals surface area contributed by atoms with Crippen LogP contribution in [0, 0.1) is 18.3 Å². The molecule has 0 amide bonds. The molecule has 2 aromatic rings. The molecule has 0 fully saturated rings. The smallest absolute Gasteiger partial charge is 0.360 e. The number of ether oxygens (including phenoxy) is 1. The third kappa shape index (κ3) is 2.76. The molecule has 1 heterocycles. The number of nitriles is 1. The number of rotatable bonds is 3. The number of hydrogen-bond donors (Lipinski definition) is 1. The van der Waals surface area contributed by atoms with Gasteiger partial charge in [0.15, 0.2) is 5.69 Å². The Morgan fingerprint density at radius 2 is 2.29 bits per heavy atom. The minimum atomic E-state index is -0.578. The summed E-state index contributed by atoms with van der Waals surface area (Å²) >= 11 is 3.36. The summed E-state index contributed by atoms with van der Waals surface area (Å²) in [5.74, 6) is 0.0797. The van der Waals surface area contributed by atoms with Gasteiger partial charge in [-0.05, 0) is 32.0 Å². The van der Waals surface area contributed by atoms with Crippen LogP contribution in [0.15, 0.2) is 22.7 Å². The highest BCUT2D eigenvalue weighted by atomic mass is 79.9. The van der Waals surface area contributed by atoms with E-state index in [1.165, 1.54) is 0 Å². The fraction of sp³-hybridized carbons (Fsp3) is 0.214. The quantitative estimate of drug-likeness (QED) is 0.860. The first-order valence-corrected chi connectivity index (χ1v) is 7.00. The molecule has 0 saturated heterocycles. The number of hydrogen-bond acceptors (Lipinski definition) is 5. The maximum atomic E-state index is 11.8. The first-order valence-electron chi connectivity index (χ1n) is 6.21. The second-order valence-corrected chi connectivity index (χ2v) is 5.14. The highest BCUT2D eigenvalue weighted by Gasteiger charge is 2.22. The molecule has 2 rings (SSSR count). The molecule has 1 aromatic heterocycles. The van der Waals surface area contributed by atoms with Gasteiger partial charge in [0.05, 0.1) is 17.9 Å². The maximum absolute atomic E-state index is 11.8. The van der Waals surface area contributed by atoms with Crippen molar-refractivity contribution in [2.24, 2.45) is 0 Å². The molecule has 0 unspecified atom stereocenters. The Labute approximate surface area is 130 Å². The molecule has 0 aliphatic rings. The van der Waals surface area contributed by atoms with Crippen molar-refractivity contribution in [2.75, 3.05) is 12.3 Å². The van der Waals surface area contributed by atoms with Crippen LogP contribution >= 0.6 is 15.9 Å². The first-order chi connectivity index (χ1) is 9.99. The molecule has 0 aliphatic carbocycles. The van der Waals surface area contributed by atoms with Gasteiger partial charge < -0.3 is 10.5 Å². The molecule has 0 bridgehead atoms. The third-order valence-electron chi connectivity index (χ3n) is 2.87. The van der Waals surface area contributed by atoms with E-state index in [1.54, 1.807) is 36.6 Å². The number of carbonyl (C=O) groups excluding carboxylic acids is 1. The van der Waals surface area contributed by atoms with Crippen LogP contribution < -0.4 is 5.73 Å². The summed E-state index contributed by atoms with van der Waals surface area (Å²) in [6.45, 7) is 3.66. The number of nitrogens with two attached hydrogens (primary N) is 1. The minimum Gasteiger partial charge on any atom is -0.461 e. The number of nitrogens with zero attached hydrogens (tertiary/aromatic N) is 3. The number of imidazole rings is 1. The highest BCUT2D eigenvalue weighted by molar-refractivity contribution is 9.10. The van der Waals surface area contributed by atoms with E-state index in [0.717, 1.165) is 4.47 Å². The summed E-state index contributed by atoms with van der Waals surface area (Å²) in [5, 5.41) is 9.22. The molecule has 0 atom stereocenters. The number of esters is 1. The summed E-state index contributed by atoms with van der Waals surface area (Å²) < 4.78 is 7.28. The zero-order valence-corrected chi connectivity index (χ0v) is 13.1. The van der Waals surface area contributed by atoms with Gasteiger partial charge >= 0.3 is 5.97 Å².